The van der Waals surface area contributed by atoms with Gasteiger partial charge < -0.3 is 29.4 Å². The summed E-state index contributed by atoms with van der Waals surface area (Å²) in [6.45, 7) is 28.2. The van der Waals surface area contributed by atoms with Crippen LogP contribution in [0.2, 0.25) is 0 Å². The van der Waals surface area contributed by atoms with Gasteiger partial charge in [-0.1, -0.05) is 0 Å². The topological polar surface area (TPSA) is 205 Å². The minimum Gasteiger partial charge on any atom is -0.461 e. The lowest BCUT2D eigenvalue weighted by molar-refractivity contribution is -0.299. The number of carbonyl (C=O) groups is 4. The third kappa shape index (κ3) is 13.6. The second-order valence-corrected chi connectivity index (χ2v) is 24.2. The molecule has 4 rings (SSSR count). The van der Waals surface area contributed by atoms with E-state index in [2.05, 4.69) is 0 Å². The van der Waals surface area contributed by atoms with Gasteiger partial charge in [0.05, 0.1) is 26.2 Å². The van der Waals surface area contributed by atoms with E-state index < -0.39 is 92.6 Å². The van der Waals surface area contributed by atoms with Gasteiger partial charge in [-0.25, -0.2) is 0 Å². The molecule has 0 aromatic rings. The van der Waals surface area contributed by atoms with Crippen LogP contribution in [0.5, 0.6) is 0 Å². The van der Waals surface area contributed by atoms with Crippen LogP contribution in [0.4, 0.5) is 0 Å². The molecule has 4 fully saturated rings. The van der Waals surface area contributed by atoms with Crippen LogP contribution in [0.15, 0.2) is 0 Å². The number of hydrogen-bond acceptors (Lipinski definition) is 16. The van der Waals surface area contributed by atoms with Crippen molar-refractivity contribution in [1.82, 2.24) is 30.1 Å². The van der Waals surface area contributed by atoms with Gasteiger partial charge in [-0.3, -0.25) is 29.0 Å². The second kappa shape index (κ2) is 19.2. The van der Waals surface area contributed by atoms with Crippen LogP contribution in [0.25, 0.3) is 0 Å². The molecule has 4 aliphatic heterocycles. The molecule has 64 heavy (non-hydrogen) atoms. The molecular formula is C46H82N6O12. The number of ether oxygens (including phenoxy) is 4. The van der Waals surface area contributed by atoms with Crippen LogP contribution < -0.4 is 0 Å². The summed E-state index contributed by atoms with van der Waals surface area (Å²) in [4.78, 5) is 58.1. The molecular weight excluding hydrogens is 829 g/mol. The summed E-state index contributed by atoms with van der Waals surface area (Å²) < 4.78 is 24.0. The second-order valence-electron chi connectivity index (χ2n) is 24.2. The Labute approximate surface area is 382 Å². The van der Waals surface area contributed by atoms with Crippen molar-refractivity contribution in [2.24, 2.45) is 0 Å². The molecule has 368 valence electrons. The predicted octanol–water partition coefficient (Wildman–Crippen LogP) is 5.32. The van der Waals surface area contributed by atoms with Gasteiger partial charge in [0.1, 0.15) is 24.4 Å². The van der Waals surface area contributed by atoms with E-state index in [0.29, 0.717) is 51.4 Å². The average Bonchev–Trinajstić information content (AvgIpc) is 3.08. The molecule has 0 bridgehead atoms. The van der Waals surface area contributed by atoms with E-state index in [1.54, 1.807) is 9.80 Å². The first-order valence-electron chi connectivity index (χ1n) is 23.0. The quantitative estimate of drug-likeness (QED) is 0.158. The molecule has 0 unspecified atom stereocenters. The Morgan fingerprint density at radius 2 is 0.562 bits per heavy atom. The van der Waals surface area contributed by atoms with E-state index in [4.69, 9.17) is 18.9 Å². The molecule has 0 spiro atoms. The first kappa shape index (κ1) is 54.1. The van der Waals surface area contributed by atoms with Gasteiger partial charge in [-0.15, -0.1) is 20.5 Å². The van der Waals surface area contributed by atoms with Crippen molar-refractivity contribution < 1.29 is 59.0 Å². The highest BCUT2D eigenvalue weighted by atomic mass is 16.6. The molecule has 0 aromatic heterocycles. The highest BCUT2D eigenvalue weighted by Gasteiger charge is 2.50. The normalized spacial score (nSPS) is 26.4. The highest BCUT2D eigenvalue weighted by molar-refractivity contribution is 5.76. The standard InChI is InChI=1S/C46H82N6O12/c1-39(2)19-31(20-40(3,4)49(39)57)61-35(53)27-47(28-36(54)62-32-21-41(5,6)50(58)42(7,8)22-32)17-18-48(29-37(55)63-33-23-43(9,10)51(59)44(11,12)24-33)30-38(56)64-34-25-45(13,14)52(60)46(15,16)26-34/h31-34,57-58H,17-30H2,1-16H3. The Morgan fingerprint density at radius 3 is 0.750 bits per heavy atom. The van der Waals surface area contributed by atoms with Gasteiger partial charge in [0.25, 0.3) is 0 Å². The summed E-state index contributed by atoms with van der Waals surface area (Å²) in [5.74, 6) is -2.42. The molecule has 2 radical (unpaired) electrons. The molecule has 4 heterocycles. The summed E-state index contributed by atoms with van der Waals surface area (Å²) in [5.41, 5.74) is -5.88. The smallest absolute Gasteiger partial charge is 0.320 e. The lowest BCUT2D eigenvalue weighted by atomic mass is 9.80. The van der Waals surface area contributed by atoms with Crippen LogP contribution >= 0.6 is 0 Å². The highest BCUT2D eigenvalue weighted by Crippen LogP contribution is 2.41. The fourth-order valence-corrected chi connectivity index (χ4v) is 11.4. The van der Waals surface area contributed by atoms with Gasteiger partial charge in [0.15, 0.2) is 0 Å². The maximum atomic E-state index is 13.8. The molecule has 4 saturated heterocycles. The van der Waals surface area contributed by atoms with Crippen molar-refractivity contribution in [3.63, 3.8) is 0 Å². The number of piperidine rings is 4. The maximum Gasteiger partial charge on any atom is 0.320 e. The van der Waals surface area contributed by atoms with Gasteiger partial charge in [-0.2, -0.15) is 10.1 Å². The Hall–Kier alpha value is -2.52. The summed E-state index contributed by atoms with van der Waals surface area (Å²) in [7, 11) is 0. The number of rotatable bonds is 15. The van der Waals surface area contributed by atoms with Crippen molar-refractivity contribution in [3.8, 4) is 0 Å². The monoisotopic (exact) mass is 911 g/mol. The first-order chi connectivity index (χ1) is 28.9. The molecule has 0 atom stereocenters. The lowest BCUT2D eigenvalue weighted by Crippen LogP contribution is -2.61. The predicted molar refractivity (Wildman–Crippen MR) is 234 cm³/mol. The van der Waals surface area contributed by atoms with Crippen LogP contribution in [0, 0.1) is 0 Å². The molecule has 18 heteroatoms. The Morgan fingerprint density at radius 1 is 0.391 bits per heavy atom. The van der Waals surface area contributed by atoms with E-state index in [-0.39, 0.29) is 39.3 Å². The summed E-state index contributed by atoms with van der Waals surface area (Å²) >= 11 is 0. The summed E-state index contributed by atoms with van der Waals surface area (Å²) in [5, 5.41) is 52.4. The summed E-state index contributed by atoms with van der Waals surface area (Å²) in [6.07, 6.45) is 0.596. The Bertz CT molecular complexity index is 1370. The molecule has 0 aliphatic carbocycles. The number of carbonyl (C=O) groups excluding carboxylic acids is 4. The van der Waals surface area contributed by atoms with E-state index in [9.17, 15) is 40.0 Å². The van der Waals surface area contributed by atoms with E-state index in [1.807, 2.05) is 111 Å². The zero-order valence-electron chi connectivity index (χ0n) is 41.9. The zero-order chi connectivity index (χ0) is 48.8. The van der Waals surface area contributed by atoms with Crippen molar-refractivity contribution in [3.05, 3.63) is 0 Å². The van der Waals surface area contributed by atoms with Crippen molar-refractivity contribution in [2.75, 3.05) is 39.3 Å². The van der Waals surface area contributed by atoms with Gasteiger partial charge >= 0.3 is 23.9 Å². The number of esters is 4. The number of nitrogens with zero attached hydrogens (tertiary/aromatic N) is 6. The fraction of sp³-hybridized carbons (Fsp3) is 0.913. The van der Waals surface area contributed by atoms with Crippen LogP contribution in [-0.2, 0) is 48.5 Å². The Kier molecular flexibility index (Phi) is 16.3. The van der Waals surface area contributed by atoms with Crippen molar-refractivity contribution >= 4 is 23.9 Å². The third-order valence-electron chi connectivity index (χ3n) is 13.6. The molecule has 4 aliphatic rings. The first-order valence-corrected chi connectivity index (χ1v) is 23.0. The van der Waals surface area contributed by atoms with Crippen LogP contribution in [-0.4, -0.2) is 172 Å². The summed E-state index contributed by atoms with van der Waals surface area (Å²) in [6, 6.07) is 0. The van der Waals surface area contributed by atoms with Gasteiger partial charge in [0, 0.05) is 109 Å². The van der Waals surface area contributed by atoms with E-state index in [0.717, 1.165) is 10.1 Å². The molecule has 2 N–H and O–H groups in total. The van der Waals surface area contributed by atoms with Crippen molar-refractivity contribution in [1.29, 1.82) is 0 Å². The fourth-order valence-electron chi connectivity index (χ4n) is 11.4. The minimum absolute atomic E-state index is 0.0165. The largest absolute Gasteiger partial charge is 0.461 e. The van der Waals surface area contributed by atoms with Gasteiger partial charge in [-0.05, 0) is 111 Å². The molecule has 0 amide bonds. The van der Waals surface area contributed by atoms with Gasteiger partial charge in [0.2, 0.25) is 0 Å². The molecule has 18 nitrogen and oxygen atoms in total. The third-order valence-corrected chi connectivity index (χ3v) is 13.6. The SMILES string of the molecule is CC1(C)CC(OC(=O)CN(CCN(CC(=O)OC2CC(C)(C)N(O)C(C)(C)C2)CC(=O)OC2CC(C)(C)N(O)C(C)(C)C2)CC(=O)OC2CC(C)(C)N([O])C(C)(C)C2)CC(C)(C)N1[O]. The number of hydroxylamine groups is 8. The lowest BCUT2D eigenvalue weighted by Gasteiger charge is -2.51. The van der Waals surface area contributed by atoms with E-state index >= 15 is 0 Å². The zero-order valence-corrected chi connectivity index (χ0v) is 41.9. The molecule has 0 saturated carbocycles. The molecule has 0 aromatic carbocycles. The number of hydrogen-bond donors (Lipinski definition) is 2. The Balaban J connectivity index is 1.55. The van der Waals surface area contributed by atoms with Crippen LogP contribution in [0.1, 0.15) is 162 Å². The average molecular weight is 911 g/mol. The van der Waals surface area contributed by atoms with Crippen molar-refractivity contribution in [2.45, 2.75) is 231 Å². The maximum absolute atomic E-state index is 13.8. The van der Waals surface area contributed by atoms with E-state index in [1.165, 1.54) is 10.1 Å². The van der Waals surface area contributed by atoms with Crippen LogP contribution in [0.3, 0.4) is 0 Å². The minimum atomic E-state index is -0.789.